The molecule has 0 aliphatic carbocycles. The number of nitrogens with zero attached hydrogens (tertiary/aromatic N) is 7. The van der Waals surface area contributed by atoms with Gasteiger partial charge in [0, 0.05) is 51.0 Å². The number of piperidine rings is 2. The van der Waals surface area contributed by atoms with Crippen molar-refractivity contribution in [3.63, 3.8) is 0 Å². The Labute approximate surface area is 273 Å². The fourth-order valence-electron chi connectivity index (χ4n) is 6.93. The van der Waals surface area contributed by atoms with E-state index >= 15 is 0 Å². The van der Waals surface area contributed by atoms with Gasteiger partial charge in [-0.1, -0.05) is 32.9 Å². The molecule has 46 heavy (non-hydrogen) atoms. The molecule has 254 valence electrons. The molecule has 0 spiro atoms. The minimum absolute atomic E-state index is 0.0542. The molecule has 0 saturated carbocycles. The van der Waals surface area contributed by atoms with Gasteiger partial charge in [0.05, 0.1) is 31.5 Å². The molecule has 0 aromatic carbocycles. The molecule has 0 bridgehead atoms. The van der Waals surface area contributed by atoms with Gasteiger partial charge in [0.15, 0.2) is 11.6 Å². The van der Waals surface area contributed by atoms with Gasteiger partial charge in [-0.15, -0.1) is 0 Å². The molecule has 12 heteroatoms. The van der Waals surface area contributed by atoms with Crippen molar-refractivity contribution in [2.75, 3.05) is 49.1 Å². The number of amides is 1. The first-order valence-corrected chi connectivity index (χ1v) is 17.2. The van der Waals surface area contributed by atoms with Crippen LogP contribution in [0, 0.1) is 23.7 Å². The van der Waals surface area contributed by atoms with Crippen molar-refractivity contribution in [1.29, 1.82) is 0 Å². The number of esters is 1. The number of rotatable bonds is 11. The number of anilines is 2. The van der Waals surface area contributed by atoms with Crippen LogP contribution in [0.4, 0.5) is 12.0 Å². The molecule has 2 aromatic rings. The number of carbonyl (C=O) groups excluding carboxylic acids is 2. The zero-order valence-electron chi connectivity index (χ0n) is 28.8. The second-order valence-corrected chi connectivity index (χ2v) is 15.0. The van der Waals surface area contributed by atoms with E-state index in [9.17, 15) is 9.59 Å². The Bertz CT molecular complexity index is 1300. The van der Waals surface area contributed by atoms with Gasteiger partial charge in [0.1, 0.15) is 5.60 Å². The topological polar surface area (TPSA) is 127 Å². The summed E-state index contributed by atoms with van der Waals surface area (Å²) in [7, 11) is 0. The molecule has 4 atom stereocenters. The number of carbonyl (C=O) groups is 2. The summed E-state index contributed by atoms with van der Waals surface area (Å²) in [5.74, 6) is 3.70. The van der Waals surface area contributed by atoms with E-state index in [4.69, 9.17) is 14.0 Å². The molecule has 5 rings (SSSR count). The summed E-state index contributed by atoms with van der Waals surface area (Å²) < 4.78 is 17.2. The van der Waals surface area contributed by atoms with Gasteiger partial charge in [-0.3, -0.25) is 9.59 Å². The third-order valence-corrected chi connectivity index (χ3v) is 9.64. The molecule has 2 aromatic heterocycles. The summed E-state index contributed by atoms with van der Waals surface area (Å²) >= 11 is 0. The number of ether oxygens (including phenoxy) is 2. The molecule has 3 saturated heterocycles. The van der Waals surface area contributed by atoms with Gasteiger partial charge in [0.25, 0.3) is 0 Å². The molecular formula is C34H53N7O5. The van der Waals surface area contributed by atoms with Gasteiger partial charge >= 0.3 is 12.0 Å². The van der Waals surface area contributed by atoms with Crippen molar-refractivity contribution >= 4 is 23.8 Å². The molecule has 1 amide bonds. The van der Waals surface area contributed by atoms with Crippen molar-refractivity contribution in [3.8, 4) is 5.75 Å². The first-order valence-electron chi connectivity index (χ1n) is 17.2. The highest BCUT2D eigenvalue weighted by Crippen LogP contribution is 2.33. The van der Waals surface area contributed by atoms with E-state index in [-0.39, 0.29) is 36.2 Å². The normalized spacial score (nSPS) is 23.7. The standard InChI is InChI=1S/C34H53N7O5/c1-22(2)31-37-33(46-38-31)39-13-10-25(11-14-39)24(4)12-15-44-27-17-35-32(36-18-27)40-20-26(16-30(43)45-34(5,6)7)28(21-40)41-19-23(3)8-9-29(41)42/h17-18,22-26,28H,8-16,19-21H2,1-7H3/t23-,24-,26+,28+/m1/s1. The fraction of sp³-hybridized carbons (Fsp3) is 0.765. The zero-order chi connectivity index (χ0) is 33.0. The van der Waals surface area contributed by atoms with E-state index in [2.05, 4.69) is 57.6 Å². The van der Waals surface area contributed by atoms with Crippen LogP contribution in [0.3, 0.4) is 0 Å². The fourth-order valence-corrected chi connectivity index (χ4v) is 6.93. The maximum Gasteiger partial charge on any atom is 0.324 e. The lowest BCUT2D eigenvalue weighted by molar-refractivity contribution is -0.157. The van der Waals surface area contributed by atoms with Crippen LogP contribution in [0.2, 0.25) is 0 Å². The van der Waals surface area contributed by atoms with Crippen LogP contribution < -0.4 is 14.5 Å². The maximum atomic E-state index is 13.0. The molecule has 3 fully saturated rings. The predicted molar refractivity (Wildman–Crippen MR) is 175 cm³/mol. The Hall–Kier alpha value is -3.44. The number of aromatic nitrogens is 4. The Morgan fingerprint density at radius 3 is 2.41 bits per heavy atom. The molecule has 3 aliphatic heterocycles. The average Bonchev–Trinajstić information content (AvgIpc) is 3.66. The maximum absolute atomic E-state index is 13.0. The van der Waals surface area contributed by atoms with Gasteiger partial charge in [-0.2, -0.15) is 4.98 Å². The summed E-state index contributed by atoms with van der Waals surface area (Å²) in [6.07, 6.45) is 8.30. The van der Waals surface area contributed by atoms with Gasteiger partial charge in [-0.05, 0) is 64.2 Å². The van der Waals surface area contributed by atoms with E-state index < -0.39 is 5.60 Å². The van der Waals surface area contributed by atoms with Crippen molar-refractivity contribution < 1.29 is 23.6 Å². The van der Waals surface area contributed by atoms with E-state index in [1.165, 1.54) is 0 Å². The summed E-state index contributed by atoms with van der Waals surface area (Å²) in [4.78, 5) is 45.9. The molecule has 0 unspecified atom stereocenters. The Morgan fingerprint density at radius 1 is 1.04 bits per heavy atom. The molecule has 3 aliphatic rings. The van der Waals surface area contributed by atoms with Gasteiger partial charge in [0.2, 0.25) is 11.9 Å². The monoisotopic (exact) mass is 639 g/mol. The first kappa shape index (κ1) is 33.9. The number of hydrogen-bond donors (Lipinski definition) is 0. The first-order chi connectivity index (χ1) is 21.9. The largest absolute Gasteiger partial charge is 0.490 e. The van der Waals surface area contributed by atoms with Crippen LogP contribution in [0.25, 0.3) is 0 Å². The summed E-state index contributed by atoms with van der Waals surface area (Å²) in [5, 5.41) is 4.11. The molecule has 5 heterocycles. The second-order valence-electron chi connectivity index (χ2n) is 15.0. The summed E-state index contributed by atoms with van der Waals surface area (Å²) in [6.45, 7) is 18.6. The SMILES string of the molecule is CC(C)c1noc(N2CCC([C@H](C)CCOc3cnc(N4C[C@H](CC(=O)OC(C)(C)C)[C@@H](N5C[C@H](C)CCC5=O)C4)nc3)CC2)n1. The van der Waals surface area contributed by atoms with Crippen LogP contribution in [0.1, 0.15) is 98.7 Å². The molecule has 12 nitrogen and oxygen atoms in total. The molecular weight excluding hydrogens is 586 g/mol. The van der Waals surface area contributed by atoms with E-state index in [0.29, 0.717) is 68.1 Å². The lowest BCUT2D eigenvalue weighted by Crippen LogP contribution is -2.49. The average molecular weight is 640 g/mol. The smallest absolute Gasteiger partial charge is 0.324 e. The Morgan fingerprint density at radius 2 is 1.76 bits per heavy atom. The highest BCUT2D eigenvalue weighted by atomic mass is 16.6. The van der Waals surface area contributed by atoms with Crippen LogP contribution in [0.5, 0.6) is 5.75 Å². The Balaban J connectivity index is 1.11. The highest BCUT2D eigenvalue weighted by molar-refractivity contribution is 5.78. The van der Waals surface area contributed by atoms with Crippen LogP contribution in [0.15, 0.2) is 16.9 Å². The zero-order valence-corrected chi connectivity index (χ0v) is 28.8. The van der Waals surface area contributed by atoms with Crippen molar-refractivity contribution in [2.45, 2.75) is 105 Å². The summed E-state index contributed by atoms with van der Waals surface area (Å²) in [6, 6.07) is 0.555. The number of hydrogen-bond acceptors (Lipinski definition) is 11. The van der Waals surface area contributed by atoms with Gasteiger partial charge in [-0.25, -0.2) is 9.97 Å². The van der Waals surface area contributed by atoms with Crippen LogP contribution in [-0.4, -0.2) is 87.9 Å². The molecule has 0 radical (unpaired) electrons. The lowest BCUT2D eigenvalue weighted by atomic mass is 9.84. The highest BCUT2D eigenvalue weighted by Gasteiger charge is 2.42. The lowest BCUT2D eigenvalue weighted by Gasteiger charge is -2.37. The van der Waals surface area contributed by atoms with Crippen LogP contribution in [-0.2, 0) is 14.3 Å². The third-order valence-electron chi connectivity index (χ3n) is 9.64. The summed E-state index contributed by atoms with van der Waals surface area (Å²) in [5.41, 5.74) is -0.553. The van der Waals surface area contributed by atoms with Crippen molar-refractivity contribution in [2.24, 2.45) is 23.7 Å². The van der Waals surface area contributed by atoms with Crippen molar-refractivity contribution in [1.82, 2.24) is 25.0 Å². The van der Waals surface area contributed by atoms with E-state index in [0.717, 1.165) is 44.6 Å². The van der Waals surface area contributed by atoms with Gasteiger partial charge < -0.3 is 28.7 Å². The third kappa shape index (κ3) is 8.67. The predicted octanol–water partition coefficient (Wildman–Crippen LogP) is 5.10. The molecule has 0 N–H and O–H groups in total. The van der Waals surface area contributed by atoms with E-state index in [1.54, 1.807) is 12.4 Å². The second kappa shape index (κ2) is 14.5. The quantitative estimate of drug-likeness (QED) is 0.305. The number of likely N-dealkylation sites (tertiary alicyclic amines) is 1. The minimum Gasteiger partial charge on any atom is -0.490 e. The van der Waals surface area contributed by atoms with Crippen LogP contribution >= 0.6 is 0 Å². The Kier molecular flexibility index (Phi) is 10.7. The van der Waals surface area contributed by atoms with Crippen molar-refractivity contribution in [3.05, 3.63) is 18.2 Å². The minimum atomic E-state index is -0.553. The van der Waals surface area contributed by atoms with E-state index in [1.807, 2.05) is 25.7 Å².